The van der Waals surface area contributed by atoms with Crippen LogP contribution >= 0.6 is 27.5 Å². The number of hydrogen-bond donors (Lipinski definition) is 0. The van der Waals surface area contributed by atoms with Crippen molar-refractivity contribution >= 4 is 27.5 Å². The zero-order valence-corrected chi connectivity index (χ0v) is 11.4. The standard InChI is InChI=1S/C12H7BrClN3O/c13-10-7-16-12(14)17-11(10)18-9-3-1-8(2-4-9)5-6-15/h1-4,7H,5H2. The second kappa shape index (κ2) is 5.80. The third kappa shape index (κ3) is 3.19. The molecular formula is C12H7BrClN3O. The van der Waals surface area contributed by atoms with Gasteiger partial charge in [-0.05, 0) is 45.2 Å². The van der Waals surface area contributed by atoms with Crippen molar-refractivity contribution in [1.29, 1.82) is 5.26 Å². The number of rotatable bonds is 3. The van der Waals surface area contributed by atoms with E-state index in [0.29, 0.717) is 22.5 Å². The Labute approximate surface area is 117 Å². The first-order valence-electron chi connectivity index (χ1n) is 5.01. The zero-order valence-electron chi connectivity index (χ0n) is 9.10. The van der Waals surface area contributed by atoms with Crippen LogP contribution in [0, 0.1) is 11.3 Å². The van der Waals surface area contributed by atoms with Gasteiger partial charge in [0, 0.05) is 6.20 Å². The molecule has 0 bridgehead atoms. The zero-order chi connectivity index (χ0) is 13.0. The molecule has 1 aromatic heterocycles. The molecule has 0 atom stereocenters. The van der Waals surface area contributed by atoms with Gasteiger partial charge in [-0.1, -0.05) is 12.1 Å². The van der Waals surface area contributed by atoms with Crippen molar-refractivity contribution < 1.29 is 4.74 Å². The van der Waals surface area contributed by atoms with Crippen LogP contribution in [0.3, 0.4) is 0 Å². The summed E-state index contributed by atoms with van der Waals surface area (Å²) < 4.78 is 6.18. The lowest BCUT2D eigenvalue weighted by Crippen LogP contribution is -1.92. The highest BCUT2D eigenvalue weighted by atomic mass is 79.9. The number of ether oxygens (including phenoxy) is 1. The van der Waals surface area contributed by atoms with E-state index in [1.54, 1.807) is 12.1 Å². The minimum absolute atomic E-state index is 0.120. The Morgan fingerprint density at radius 3 is 2.72 bits per heavy atom. The van der Waals surface area contributed by atoms with Crippen molar-refractivity contribution in [2.24, 2.45) is 0 Å². The molecule has 2 aromatic rings. The van der Waals surface area contributed by atoms with Gasteiger partial charge in [-0.25, -0.2) is 4.98 Å². The molecule has 2 rings (SSSR count). The van der Waals surface area contributed by atoms with Gasteiger partial charge in [-0.2, -0.15) is 10.2 Å². The molecule has 0 aliphatic rings. The monoisotopic (exact) mass is 323 g/mol. The maximum Gasteiger partial charge on any atom is 0.237 e. The Balaban J connectivity index is 2.18. The highest BCUT2D eigenvalue weighted by Gasteiger charge is 2.06. The van der Waals surface area contributed by atoms with E-state index in [0.717, 1.165) is 5.56 Å². The fourth-order valence-electron chi connectivity index (χ4n) is 1.28. The van der Waals surface area contributed by atoms with Crippen LogP contribution in [0.25, 0.3) is 0 Å². The predicted octanol–water partition coefficient (Wildman–Crippen LogP) is 3.75. The summed E-state index contributed by atoms with van der Waals surface area (Å²) in [6.07, 6.45) is 1.90. The van der Waals surface area contributed by atoms with Crippen molar-refractivity contribution in [2.45, 2.75) is 6.42 Å². The Kier molecular flexibility index (Phi) is 4.13. The van der Waals surface area contributed by atoms with E-state index < -0.39 is 0 Å². The predicted molar refractivity (Wildman–Crippen MR) is 70.6 cm³/mol. The van der Waals surface area contributed by atoms with Gasteiger partial charge in [0.1, 0.15) is 5.75 Å². The smallest absolute Gasteiger partial charge is 0.237 e. The number of nitriles is 1. The highest BCUT2D eigenvalue weighted by molar-refractivity contribution is 9.10. The second-order valence-electron chi connectivity index (χ2n) is 3.37. The molecule has 0 aliphatic heterocycles. The number of benzene rings is 1. The van der Waals surface area contributed by atoms with Gasteiger partial charge >= 0.3 is 0 Å². The van der Waals surface area contributed by atoms with E-state index in [1.807, 2.05) is 12.1 Å². The number of aromatic nitrogens is 2. The average molecular weight is 325 g/mol. The van der Waals surface area contributed by atoms with E-state index >= 15 is 0 Å². The molecule has 0 aliphatic carbocycles. The first-order chi connectivity index (χ1) is 8.69. The Morgan fingerprint density at radius 1 is 1.33 bits per heavy atom. The van der Waals surface area contributed by atoms with Crippen LogP contribution in [0.1, 0.15) is 5.56 Å². The molecule has 0 saturated carbocycles. The molecular weight excluding hydrogens is 318 g/mol. The Bertz CT molecular complexity index is 595. The summed E-state index contributed by atoms with van der Waals surface area (Å²) >= 11 is 8.97. The van der Waals surface area contributed by atoms with Gasteiger partial charge in [0.05, 0.1) is 17.0 Å². The summed E-state index contributed by atoms with van der Waals surface area (Å²) in [6.45, 7) is 0. The molecule has 0 N–H and O–H groups in total. The summed E-state index contributed by atoms with van der Waals surface area (Å²) in [7, 11) is 0. The van der Waals surface area contributed by atoms with Gasteiger partial charge in [0.15, 0.2) is 0 Å². The van der Waals surface area contributed by atoms with Crippen molar-refractivity contribution in [3.05, 3.63) is 45.8 Å². The van der Waals surface area contributed by atoms with Gasteiger partial charge in [-0.3, -0.25) is 0 Å². The molecule has 1 aromatic carbocycles. The van der Waals surface area contributed by atoms with Crippen molar-refractivity contribution in [1.82, 2.24) is 9.97 Å². The topological polar surface area (TPSA) is 58.8 Å². The third-order valence-corrected chi connectivity index (χ3v) is 2.83. The summed E-state index contributed by atoms with van der Waals surface area (Å²) in [5.74, 6) is 0.968. The van der Waals surface area contributed by atoms with Crippen LogP contribution in [0.15, 0.2) is 34.9 Å². The van der Waals surface area contributed by atoms with Crippen molar-refractivity contribution in [3.63, 3.8) is 0 Å². The first kappa shape index (κ1) is 12.8. The molecule has 4 nitrogen and oxygen atoms in total. The van der Waals surface area contributed by atoms with E-state index in [9.17, 15) is 0 Å². The van der Waals surface area contributed by atoms with Crippen LogP contribution in [-0.2, 0) is 6.42 Å². The molecule has 0 fully saturated rings. The molecule has 0 saturated heterocycles. The Morgan fingerprint density at radius 2 is 2.06 bits per heavy atom. The SMILES string of the molecule is N#CCc1ccc(Oc2nc(Cl)ncc2Br)cc1. The molecule has 0 amide bonds. The summed E-state index contributed by atoms with van der Waals surface area (Å²) in [5.41, 5.74) is 0.935. The van der Waals surface area contributed by atoms with Gasteiger partial charge in [0.2, 0.25) is 11.2 Å². The number of hydrogen-bond acceptors (Lipinski definition) is 4. The van der Waals surface area contributed by atoms with Crippen LogP contribution < -0.4 is 4.74 Å². The lowest BCUT2D eigenvalue weighted by molar-refractivity contribution is 0.458. The molecule has 0 unspecified atom stereocenters. The van der Waals surface area contributed by atoms with Gasteiger partial charge in [0.25, 0.3) is 0 Å². The average Bonchev–Trinajstić information content (AvgIpc) is 2.37. The second-order valence-corrected chi connectivity index (χ2v) is 4.57. The van der Waals surface area contributed by atoms with Crippen molar-refractivity contribution in [2.75, 3.05) is 0 Å². The van der Waals surface area contributed by atoms with E-state index in [1.165, 1.54) is 6.20 Å². The van der Waals surface area contributed by atoms with Crippen molar-refractivity contribution in [3.8, 4) is 17.7 Å². The molecule has 0 radical (unpaired) electrons. The maximum atomic E-state index is 8.57. The third-order valence-electron chi connectivity index (χ3n) is 2.10. The van der Waals surface area contributed by atoms with Crippen LogP contribution in [0.2, 0.25) is 5.28 Å². The largest absolute Gasteiger partial charge is 0.438 e. The summed E-state index contributed by atoms with van der Waals surface area (Å²) in [4.78, 5) is 7.77. The van der Waals surface area contributed by atoms with Crippen LogP contribution in [0.4, 0.5) is 0 Å². The number of nitrogens with zero attached hydrogens (tertiary/aromatic N) is 3. The van der Waals surface area contributed by atoms with E-state index in [-0.39, 0.29) is 5.28 Å². The molecule has 6 heteroatoms. The molecule has 90 valence electrons. The molecule has 18 heavy (non-hydrogen) atoms. The van der Waals surface area contributed by atoms with E-state index in [2.05, 4.69) is 32.0 Å². The molecule has 1 heterocycles. The number of halogens is 2. The summed E-state index contributed by atoms with van der Waals surface area (Å²) in [6, 6.07) is 9.29. The molecule has 0 spiro atoms. The van der Waals surface area contributed by atoms with Gasteiger partial charge in [-0.15, -0.1) is 0 Å². The van der Waals surface area contributed by atoms with E-state index in [4.69, 9.17) is 21.6 Å². The quantitative estimate of drug-likeness (QED) is 0.807. The Hall–Kier alpha value is -1.64. The van der Waals surface area contributed by atoms with Crippen LogP contribution in [-0.4, -0.2) is 9.97 Å². The van der Waals surface area contributed by atoms with Crippen LogP contribution in [0.5, 0.6) is 11.6 Å². The maximum absolute atomic E-state index is 8.57. The first-order valence-corrected chi connectivity index (χ1v) is 6.18. The highest BCUT2D eigenvalue weighted by Crippen LogP contribution is 2.27. The fourth-order valence-corrected chi connectivity index (χ4v) is 1.68. The minimum atomic E-state index is 0.120. The minimum Gasteiger partial charge on any atom is -0.438 e. The summed E-state index contributed by atoms with van der Waals surface area (Å²) in [5, 5.41) is 8.69. The van der Waals surface area contributed by atoms with Gasteiger partial charge < -0.3 is 4.74 Å². The normalized spacial score (nSPS) is 9.83. The fraction of sp³-hybridized carbons (Fsp3) is 0.0833. The lowest BCUT2D eigenvalue weighted by atomic mass is 10.2. The lowest BCUT2D eigenvalue weighted by Gasteiger charge is -2.06.